The Balaban J connectivity index is 2.31. The minimum Gasteiger partial charge on any atom is -0.494 e. The second kappa shape index (κ2) is 7.78. The molecule has 2 rings (SSSR count). The molecule has 0 fully saturated rings. The van der Waals surface area contributed by atoms with Crippen LogP contribution in [-0.4, -0.2) is 27.8 Å². The number of rotatable bonds is 7. The van der Waals surface area contributed by atoms with Crippen LogP contribution in [0.5, 0.6) is 11.5 Å². The van der Waals surface area contributed by atoms with E-state index in [1.54, 1.807) is 36.4 Å². The van der Waals surface area contributed by atoms with Gasteiger partial charge in [-0.15, -0.1) is 0 Å². The first kappa shape index (κ1) is 17.0. The van der Waals surface area contributed by atoms with Crippen LogP contribution in [0.3, 0.4) is 0 Å². The summed E-state index contributed by atoms with van der Waals surface area (Å²) in [4.78, 5) is 0.153. The van der Waals surface area contributed by atoms with Gasteiger partial charge < -0.3 is 9.47 Å². The first-order valence-electron chi connectivity index (χ1n) is 7.32. The van der Waals surface area contributed by atoms with Crippen LogP contribution in [0, 0.1) is 0 Å². The summed E-state index contributed by atoms with van der Waals surface area (Å²) in [6, 6.07) is 13.3. The molecule has 122 valence electrons. The molecule has 0 amide bonds. The van der Waals surface area contributed by atoms with Gasteiger partial charge in [-0.05, 0) is 38.1 Å². The van der Waals surface area contributed by atoms with Gasteiger partial charge in [0.2, 0.25) is 0 Å². The van der Waals surface area contributed by atoms with Crippen LogP contribution in [0.25, 0.3) is 0 Å². The van der Waals surface area contributed by atoms with Crippen molar-refractivity contribution in [3.63, 3.8) is 0 Å². The molecule has 0 radical (unpaired) electrons. The third-order valence-electron chi connectivity index (χ3n) is 2.97. The maximum absolute atomic E-state index is 12.2. The summed E-state index contributed by atoms with van der Waals surface area (Å²) < 4.78 is 39.1. The molecular formula is C17H19NO4S. The van der Waals surface area contributed by atoms with Gasteiger partial charge in [-0.1, -0.05) is 18.2 Å². The van der Waals surface area contributed by atoms with Crippen molar-refractivity contribution < 1.29 is 17.9 Å². The van der Waals surface area contributed by atoms with Gasteiger partial charge in [-0.2, -0.15) is 12.8 Å². The minimum absolute atomic E-state index is 0.153. The first-order chi connectivity index (χ1) is 11.1. The van der Waals surface area contributed by atoms with Crippen LogP contribution in [-0.2, 0) is 10.0 Å². The molecule has 0 unspecified atom stereocenters. The summed E-state index contributed by atoms with van der Waals surface area (Å²) in [7, 11) is -3.73. The predicted molar refractivity (Wildman–Crippen MR) is 90.0 cm³/mol. The van der Waals surface area contributed by atoms with Gasteiger partial charge in [0.05, 0.1) is 24.3 Å². The number of ether oxygens (including phenoxy) is 2. The van der Waals surface area contributed by atoms with Crippen molar-refractivity contribution in [2.45, 2.75) is 18.7 Å². The van der Waals surface area contributed by atoms with E-state index in [-0.39, 0.29) is 4.90 Å². The van der Waals surface area contributed by atoms with Gasteiger partial charge in [0.25, 0.3) is 10.0 Å². The highest BCUT2D eigenvalue weighted by Gasteiger charge is 2.11. The van der Waals surface area contributed by atoms with Crippen LogP contribution < -0.4 is 9.47 Å². The Morgan fingerprint density at radius 1 is 1.00 bits per heavy atom. The van der Waals surface area contributed by atoms with Gasteiger partial charge in [-0.3, -0.25) is 0 Å². The summed E-state index contributed by atoms with van der Waals surface area (Å²) in [6.45, 7) is 4.75. The van der Waals surface area contributed by atoms with Crippen molar-refractivity contribution >= 4 is 16.2 Å². The lowest BCUT2D eigenvalue weighted by atomic mass is 10.2. The lowest BCUT2D eigenvalue weighted by Gasteiger charge is -2.10. The van der Waals surface area contributed by atoms with E-state index in [4.69, 9.17) is 9.47 Å². The van der Waals surface area contributed by atoms with Crippen LogP contribution in [0.15, 0.2) is 57.8 Å². The van der Waals surface area contributed by atoms with Crippen LogP contribution >= 0.6 is 0 Å². The molecule has 2 aromatic carbocycles. The molecule has 2 aromatic rings. The molecule has 0 aliphatic carbocycles. The Morgan fingerprint density at radius 2 is 1.70 bits per heavy atom. The standard InChI is InChI=1S/C17H19NO4S/c1-3-21-15-11-10-14(17(12-15)22-4-2)13-18-23(19,20)16-8-6-5-7-9-16/h5-13H,3-4H2,1-2H3/b18-13-. The van der Waals surface area contributed by atoms with E-state index in [0.29, 0.717) is 30.3 Å². The molecule has 0 saturated carbocycles. The summed E-state index contributed by atoms with van der Waals surface area (Å²) >= 11 is 0. The molecule has 23 heavy (non-hydrogen) atoms. The molecule has 6 heteroatoms. The highest BCUT2D eigenvalue weighted by atomic mass is 32.2. The van der Waals surface area contributed by atoms with E-state index in [1.165, 1.54) is 18.3 Å². The van der Waals surface area contributed by atoms with Crippen molar-refractivity contribution in [3.05, 3.63) is 54.1 Å². The third kappa shape index (κ3) is 4.56. The molecule has 5 nitrogen and oxygen atoms in total. The second-order valence-corrected chi connectivity index (χ2v) is 6.22. The molecule has 0 N–H and O–H groups in total. The Morgan fingerprint density at radius 3 is 2.35 bits per heavy atom. The van der Waals surface area contributed by atoms with Crippen molar-refractivity contribution in [1.29, 1.82) is 0 Å². The normalized spacial score (nSPS) is 11.6. The Labute approximate surface area is 136 Å². The van der Waals surface area contributed by atoms with E-state index in [0.717, 1.165) is 0 Å². The SMILES string of the molecule is CCOc1ccc(/C=N\S(=O)(=O)c2ccccc2)c(OCC)c1. The van der Waals surface area contributed by atoms with E-state index in [9.17, 15) is 8.42 Å². The molecular weight excluding hydrogens is 314 g/mol. The Hall–Kier alpha value is -2.34. The molecule has 0 bridgehead atoms. The van der Waals surface area contributed by atoms with Crippen molar-refractivity contribution in [2.24, 2.45) is 4.40 Å². The van der Waals surface area contributed by atoms with Crippen molar-refractivity contribution in [2.75, 3.05) is 13.2 Å². The number of nitrogens with zero attached hydrogens (tertiary/aromatic N) is 1. The summed E-state index contributed by atoms with van der Waals surface area (Å²) in [5.74, 6) is 1.20. The quantitative estimate of drug-likeness (QED) is 0.729. The molecule has 0 spiro atoms. The molecule has 0 aromatic heterocycles. The first-order valence-corrected chi connectivity index (χ1v) is 8.76. The van der Waals surface area contributed by atoms with Crippen LogP contribution in [0.4, 0.5) is 0 Å². The molecule has 0 atom stereocenters. The smallest absolute Gasteiger partial charge is 0.282 e. The van der Waals surface area contributed by atoms with Crippen molar-refractivity contribution in [1.82, 2.24) is 0 Å². The predicted octanol–water partition coefficient (Wildman–Crippen LogP) is 3.29. The molecule has 0 heterocycles. The van der Waals surface area contributed by atoms with Gasteiger partial charge in [0.15, 0.2) is 0 Å². The highest BCUT2D eigenvalue weighted by Crippen LogP contribution is 2.24. The Kier molecular flexibility index (Phi) is 5.76. The highest BCUT2D eigenvalue weighted by molar-refractivity contribution is 7.90. The van der Waals surface area contributed by atoms with Crippen molar-refractivity contribution in [3.8, 4) is 11.5 Å². The minimum atomic E-state index is -3.73. The fourth-order valence-electron chi connectivity index (χ4n) is 1.94. The second-order valence-electron chi connectivity index (χ2n) is 4.59. The van der Waals surface area contributed by atoms with E-state index in [1.807, 2.05) is 13.8 Å². The van der Waals surface area contributed by atoms with E-state index < -0.39 is 10.0 Å². The largest absolute Gasteiger partial charge is 0.494 e. The Bertz CT molecular complexity index is 770. The zero-order valence-corrected chi connectivity index (χ0v) is 13.9. The zero-order chi connectivity index (χ0) is 16.7. The zero-order valence-electron chi connectivity index (χ0n) is 13.1. The average molecular weight is 333 g/mol. The number of hydrogen-bond acceptors (Lipinski definition) is 4. The maximum Gasteiger partial charge on any atom is 0.282 e. The van der Waals surface area contributed by atoms with Gasteiger partial charge >= 0.3 is 0 Å². The van der Waals surface area contributed by atoms with E-state index >= 15 is 0 Å². The average Bonchev–Trinajstić information content (AvgIpc) is 2.56. The van der Waals surface area contributed by atoms with Gasteiger partial charge in [-0.25, -0.2) is 0 Å². The van der Waals surface area contributed by atoms with Crippen LogP contribution in [0.2, 0.25) is 0 Å². The number of sulfonamides is 1. The molecule has 0 aliphatic heterocycles. The van der Waals surface area contributed by atoms with E-state index in [2.05, 4.69) is 4.40 Å². The lowest BCUT2D eigenvalue weighted by molar-refractivity contribution is 0.323. The monoisotopic (exact) mass is 333 g/mol. The number of hydrogen-bond donors (Lipinski definition) is 0. The maximum atomic E-state index is 12.2. The summed E-state index contributed by atoms with van der Waals surface area (Å²) in [5, 5.41) is 0. The third-order valence-corrected chi connectivity index (χ3v) is 4.22. The molecule has 0 aliphatic rings. The molecule has 0 saturated heterocycles. The van der Waals surface area contributed by atoms with Gasteiger partial charge in [0.1, 0.15) is 11.5 Å². The fraction of sp³-hybridized carbons (Fsp3) is 0.235. The topological polar surface area (TPSA) is 65.0 Å². The lowest BCUT2D eigenvalue weighted by Crippen LogP contribution is -2.01. The van der Waals surface area contributed by atoms with Crippen LogP contribution in [0.1, 0.15) is 19.4 Å². The summed E-state index contributed by atoms with van der Waals surface area (Å²) in [5.41, 5.74) is 0.579. The fourth-order valence-corrected chi connectivity index (χ4v) is 2.81. The number of benzene rings is 2. The summed E-state index contributed by atoms with van der Waals surface area (Å²) in [6.07, 6.45) is 1.29. The van der Waals surface area contributed by atoms with Gasteiger partial charge in [0, 0.05) is 11.6 Å².